The summed E-state index contributed by atoms with van der Waals surface area (Å²) in [7, 11) is 0. The van der Waals surface area contributed by atoms with Crippen LogP contribution in [0.3, 0.4) is 0 Å². The summed E-state index contributed by atoms with van der Waals surface area (Å²) in [4.78, 5) is 34.9. The molecule has 32 heavy (non-hydrogen) atoms. The molecule has 0 saturated heterocycles. The van der Waals surface area contributed by atoms with Crippen LogP contribution in [0.5, 0.6) is 0 Å². The molecule has 2 amide bonds. The van der Waals surface area contributed by atoms with Gasteiger partial charge in [0.05, 0.1) is 28.6 Å². The molecule has 0 spiro atoms. The Morgan fingerprint density at radius 3 is 2.59 bits per heavy atom. The van der Waals surface area contributed by atoms with Crippen LogP contribution < -0.4 is 10.6 Å². The van der Waals surface area contributed by atoms with Crippen LogP contribution in [0.4, 0.5) is 11.4 Å². The second-order valence-electron chi connectivity index (χ2n) is 6.76. The number of amides is 2. The number of anilines is 1. The maximum absolute atomic E-state index is 12.5. The summed E-state index contributed by atoms with van der Waals surface area (Å²) in [5.74, 6) is -0.494. The average molecular weight is 431 g/mol. The van der Waals surface area contributed by atoms with Gasteiger partial charge in [-0.25, -0.2) is 4.68 Å². The predicted octanol–water partition coefficient (Wildman–Crippen LogP) is 3.56. The molecule has 0 saturated carbocycles. The summed E-state index contributed by atoms with van der Waals surface area (Å²) in [5, 5.41) is 20.4. The molecule has 0 atom stereocenters. The number of nitrogens with zero attached hydrogens (tertiary/aromatic N) is 3. The van der Waals surface area contributed by atoms with E-state index in [-0.39, 0.29) is 29.8 Å². The molecule has 2 heterocycles. The highest BCUT2D eigenvalue weighted by Crippen LogP contribution is 2.16. The van der Waals surface area contributed by atoms with E-state index in [1.165, 1.54) is 35.5 Å². The van der Waals surface area contributed by atoms with Crippen LogP contribution in [0.25, 0.3) is 5.69 Å². The first-order chi connectivity index (χ1) is 15.5. The maximum atomic E-state index is 12.5. The molecule has 4 aromatic rings. The number of carbonyl (C=O) groups is 2. The number of furan rings is 1. The number of nitrogens with one attached hydrogen (secondary N) is 2. The Bertz CT molecular complexity index is 1260. The van der Waals surface area contributed by atoms with E-state index in [9.17, 15) is 19.7 Å². The van der Waals surface area contributed by atoms with E-state index in [4.69, 9.17) is 4.42 Å². The first-order valence-electron chi connectivity index (χ1n) is 9.51. The van der Waals surface area contributed by atoms with Gasteiger partial charge in [-0.1, -0.05) is 12.1 Å². The molecule has 160 valence electrons. The first-order valence-corrected chi connectivity index (χ1v) is 9.51. The average Bonchev–Trinajstić information content (AvgIpc) is 3.50. The zero-order valence-corrected chi connectivity index (χ0v) is 16.6. The molecule has 2 N–H and O–H groups in total. The molecule has 2 aromatic heterocycles. The van der Waals surface area contributed by atoms with Gasteiger partial charge in [-0.05, 0) is 42.0 Å². The van der Waals surface area contributed by atoms with Crippen molar-refractivity contribution in [1.29, 1.82) is 0 Å². The molecular formula is C22H17N5O5. The summed E-state index contributed by atoms with van der Waals surface area (Å²) >= 11 is 0. The van der Waals surface area contributed by atoms with Crippen molar-refractivity contribution in [2.75, 3.05) is 5.32 Å². The highest BCUT2D eigenvalue weighted by molar-refractivity contribution is 6.02. The van der Waals surface area contributed by atoms with Crippen molar-refractivity contribution in [3.63, 3.8) is 0 Å². The Morgan fingerprint density at radius 1 is 1.06 bits per heavy atom. The molecule has 0 radical (unpaired) electrons. The minimum atomic E-state index is -0.483. The molecule has 0 aliphatic carbocycles. The number of aromatic nitrogens is 2. The van der Waals surface area contributed by atoms with E-state index in [2.05, 4.69) is 15.7 Å². The molecule has 10 heteroatoms. The molecule has 0 unspecified atom stereocenters. The van der Waals surface area contributed by atoms with Crippen molar-refractivity contribution >= 4 is 23.2 Å². The van der Waals surface area contributed by atoms with Gasteiger partial charge in [0.1, 0.15) is 0 Å². The lowest BCUT2D eigenvalue weighted by Crippen LogP contribution is -2.22. The fourth-order valence-corrected chi connectivity index (χ4v) is 2.95. The molecule has 10 nitrogen and oxygen atoms in total. The van der Waals surface area contributed by atoms with Gasteiger partial charge in [-0.15, -0.1) is 0 Å². The van der Waals surface area contributed by atoms with Crippen LogP contribution in [0, 0.1) is 10.1 Å². The molecule has 4 rings (SSSR count). The molecule has 0 fully saturated rings. The lowest BCUT2D eigenvalue weighted by Gasteiger charge is -2.07. The third-order valence-electron chi connectivity index (χ3n) is 4.55. The highest BCUT2D eigenvalue weighted by atomic mass is 16.6. The number of nitro benzene ring substituents is 1. The molecule has 2 aromatic carbocycles. The summed E-state index contributed by atoms with van der Waals surface area (Å²) in [6, 6.07) is 16.1. The van der Waals surface area contributed by atoms with Gasteiger partial charge in [0.25, 0.3) is 17.5 Å². The SMILES string of the molecule is O=C(NCc1cccc(NC(=O)c2ccco2)c1)c1cnn(-c2ccc([N+](=O)[O-])cc2)c1. The quantitative estimate of drug-likeness (QED) is 0.340. The summed E-state index contributed by atoms with van der Waals surface area (Å²) in [5.41, 5.74) is 2.27. The third kappa shape index (κ3) is 4.70. The van der Waals surface area contributed by atoms with Crippen molar-refractivity contribution in [2.45, 2.75) is 6.54 Å². The fraction of sp³-hybridized carbons (Fsp3) is 0.0455. The number of carbonyl (C=O) groups excluding carboxylic acids is 2. The van der Waals surface area contributed by atoms with E-state index < -0.39 is 4.92 Å². The van der Waals surface area contributed by atoms with Gasteiger partial charge < -0.3 is 15.1 Å². The van der Waals surface area contributed by atoms with Crippen LogP contribution in [0.1, 0.15) is 26.5 Å². The normalized spacial score (nSPS) is 10.5. The largest absolute Gasteiger partial charge is 0.459 e. The van der Waals surface area contributed by atoms with Crippen LogP contribution in [0.15, 0.2) is 83.7 Å². The minimum Gasteiger partial charge on any atom is -0.459 e. The van der Waals surface area contributed by atoms with Crippen molar-refractivity contribution in [3.8, 4) is 5.69 Å². The van der Waals surface area contributed by atoms with Crippen molar-refractivity contribution in [3.05, 3.63) is 106 Å². The number of non-ortho nitro benzene ring substituents is 1. The standard InChI is InChI=1S/C22H17N5O5/c28-21(16-13-24-26(14-16)18-6-8-19(9-7-18)27(30)31)23-12-15-3-1-4-17(11-15)25-22(29)20-5-2-10-32-20/h1-11,13-14H,12H2,(H,23,28)(H,25,29). The van der Waals surface area contributed by atoms with Gasteiger partial charge >= 0.3 is 0 Å². The van der Waals surface area contributed by atoms with Gasteiger partial charge in [0, 0.05) is 30.6 Å². The number of hydrogen-bond donors (Lipinski definition) is 2. The number of nitro groups is 1. The third-order valence-corrected chi connectivity index (χ3v) is 4.55. The van der Waals surface area contributed by atoms with E-state index in [1.54, 1.807) is 42.5 Å². The van der Waals surface area contributed by atoms with Crippen LogP contribution in [-0.4, -0.2) is 26.5 Å². The predicted molar refractivity (Wildman–Crippen MR) is 114 cm³/mol. The van der Waals surface area contributed by atoms with Crippen molar-refractivity contribution in [2.24, 2.45) is 0 Å². The highest BCUT2D eigenvalue weighted by Gasteiger charge is 2.12. The maximum Gasteiger partial charge on any atom is 0.291 e. The molecule has 0 aliphatic heterocycles. The van der Waals surface area contributed by atoms with Crippen molar-refractivity contribution < 1.29 is 18.9 Å². The topological polar surface area (TPSA) is 132 Å². The molecule has 0 aliphatic rings. The number of hydrogen-bond acceptors (Lipinski definition) is 6. The van der Waals surface area contributed by atoms with E-state index >= 15 is 0 Å². The fourth-order valence-electron chi connectivity index (χ4n) is 2.95. The Labute approximate surface area is 181 Å². The zero-order valence-electron chi connectivity index (χ0n) is 16.6. The van der Waals surface area contributed by atoms with E-state index in [1.807, 2.05) is 6.07 Å². The lowest BCUT2D eigenvalue weighted by molar-refractivity contribution is -0.384. The van der Waals surface area contributed by atoms with Crippen LogP contribution in [-0.2, 0) is 6.54 Å². The summed E-state index contributed by atoms with van der Waals surface area (Å²) in [6.45, 7) is 0.242. The Hall–Kier alpha value is -4.73. The summed E-state index contributed by atoms with van der Waals surface area (Å²) < 4.78 is 6.53. The Kier molecular flexibility index (Phi) is 5.75. The Morgan fingerprint density at radius 2 is 1.88 bits per heavy atom. The lowest BCUT2D eigenvalue weighted by atomic mass is 10.2. The number of benzene rings is 2. The van der Waals surface area contributed by atoms with E-state index in [0.29, 0.717) is 16.9 Å². The summed E-state index contributed by atoms with van der Waals surface area (Å²) in [6.07, 6.45) is 4.37. The van der Waals surface area contributed by atoms with Crippen molar-refractivity contribution in [1.82, 2.24) is 15.1 Å². The van der Waals surface area contributed by atoms with Gasteiger partial charge in [0.2, 0.25) is 0 Å². The monoisotopic (exact) mass is 431 g/mol. The number of rotatable bonds is 7. The minimum absolute atomic E-state index is 0.0264. The van der Waals surface area contributed by atoms with Crippen LogP contribution in [0.2, 0.25) is 0 Å². The second-order valence-corrected chi connectivity index (χ2v) is 6.76. The second kappa shape index (κ2) is 8.96. The Balaban J connectivity index is 1.37. The van der Waals surface area contributed by atoms with Crippen LogP contribution >= 0.6 is 0 Å². The van der Waals surface area contributed by atoms with Gasteiger partial charge in [-0.2, -0.15) is 5.10 Å². The zero-order chi connectivity index (χ0) is 22.5. The smallest absolute Gasteiger partial charge is 0.291 e. The first kappa shape index (κ1) is 20.5. The molecule has 0 bridgehead atoms. The van der Waals surface area contributed by atoms with Gasteiger partial charge in [0.15, 0.2) is 5.76 Å². The van der Waals surface area contributed by atoms with E-state index in [0.717, 1.165) is 5.56 Å². The molecular weight excluding hydrogens is 414 g/mol. The van der Waals surface area contributed by atoms with Gasteiger partial charge in [-0.3, -0.25) is 19.7 Å².